The van der Waals surface area contributed by atoms with Gasteiger partial charge in [-0.1, -0.05) is 48.5 Å². The number of nitroso groups, excluding NO2 is 1. The van der Waals surface area contributed by atoms with Crippen molar-refractivity contribution < 1.29 is 29.4 Å². The van der Waals surface area contributed by atoms with Crippen LogP contribution < -0.4 is 10.6 Å². The van der Waals surface area contributed by atoms with Gasteiger partial charge < -0.3 is 20.8 Å². The van der Waals surface area contributed by atoms with Crippen molar-refractivity contribution in [1.29, 1.82) is 0 Å². The lowest BCUT2D eigenvalue weighted by Gasteiger charge is -2.21. The zero-order valence-electron chi connectivity index (χ0n) is 24.7. The molecule has 0 unspecified atom stereocenters. The number of nitrogens with zero attached hydrogens (tertiary/aromatic N) is 2. The first-order valence-corrected chi connectivity index (χ1v) is 14.7. The molecule has 0 aromatic heterocycles. The van der Waals surface area contributed by atoms with Crippen LogP contribution in [0.25, 0.3) is 11.1 Å². The highest BCUT2D eigenvalue weighted by atomic mass is 32.2. The number of carboxylic acid groups (broad SMARTS) is 2. The molecule has 11 nitrogen and oxygen atoms in total. The fourth-order valence-corrected chi connectivity index (χ4v) is 4.63. The first-order chi connectivity index (χ1) is 20.7. The smallest absolute Gasteiger partial charge is 0.336 e. The number of benzene rings is 3. The molecule has 0 spiro atoms. The van der Waals surface area contributed by atoms with Crippen molar-refractivity contribution >= 4 is 54.4 Å². The number of aromatic carboxylic acids is 2. The van der Waals surface area contributed by atoms with Crippen molar-refractivity contribution in [2.45, 2.75) is 37.2 Å². The van der Waals surface area contributed by atoms with Crippen LogP contribution in [0.15, 0.2) is 81.8 Å². The molecule has 0 aliphatic rings. The molecule has 3 aromatic rings. The lowest BCUT2D eigenvalue weighted by atomic mass is 9.95. The third-order valence-electron chi connectivity index (χ3n) is 5.97. The van der Waals surface area contributed by atoms with Gasteiger partial charge in [-0.3, -0.25) is 9.59 Å². The Morgan fingerprint density at radius 2 is 1.05 bits per heavy atom. The predicted molar refractivity (Wildman–Crippen MR) is 176 cm³/mol. The molecule has 3 aromatic carbocycles. The quantitative estimate of drug-likeness (QED) is 0.0963. The van der Waals surface area contributed by atoms with Gasteiger partial charge in [-0.2, -0.15) is 0 Å². The number of carboxylic acids is 2. The lowest BCUT2D eigenvalue weighted by molar-refractivity contribution is 0.0684. The van der Waals surface area contributed by atoms with Crippen LogP contribution in [-0.4, -0.2) is 63.3 Å². The summed E-state index contributed by atoms with van der Waals surface area (Å²) in [4.78, 5) is 57.3. The van der Waals surface area contributed by atoms with Crippen LogP contribution in [-0.2, 0) is 0 Å². The van der Waals surface area contributed by atoms with E-state index in [1.54, 1.807) is 68.4 Å². The Hall–Kier alpha value is -4.49. The van der Waals surface area contributed by atoms with Crippen LogP contribution in [0, 0.1) is 4.91 Å². The molecule has 3 rings (SSSR count). The molecule has 0 saturated heterocycles. The van der Waals surface area contributed by atoms with E-state index in [0.29, 0.717) is 23.2 Å². The van der Waals surface area contributed by atoms with Crippen molar-refractivity contribution in [3.8, 4) is 11.1 Å². The number of nitrogens with one attached hydrogen (secondary N) is 2. The highest BCUT2D eigenvalue weighted by Gasteiger charge is 2.24. The first-order valence-electron chi connectivity index (χ1n) is 13.2. The number of rotatable bonds is 13. The minimum Gasteiger partial charge on any atom is -0.478 e. The Labute approximate surface area is 264 Å². The average Bonchev–Trinajstić information content (AvgIpc) is 2.99. The van der Waals surface area contributed by atoms with E-state index in [4.69, 9.17) is 5.11 Å². The standard InChI is InChI=1S/C19H20N2O3S.C12H14N2O4S/c1-19(2,25-20-3)12-21-17(22)15-10-6-4-8-13(15)14-9-5-7-11-16(14)18(23)24;1-12(2,19-14-18)7-13-10(15)8-5-3-4-6-9(8)11(16)17/h4-11H,3,12H2,1-2H3,(H,21,22)(H,23,24);3-6H,7H2,1-2H3,(H,13,15)(H,16,17). The molecule has 0 aliphatic heterocycles. The van der Waals surface area contributed by atoms with Crippen LogP contribution in [0.2, 0.25) is 0 Å². The molecule has 0 saturated carbocycles. The summed E-state index contributed by atoms with van der Waals surface area (Å²) < 4.78 is 5.70. The van der Waals surface area contributed by atoms with Gasteiger partial charge >= 0.3 is 11.9 Å². The van der Waals surface area contributed by atoms with Gasteiger partial charge in [0.2, 0.25) is 0 Å². The topological polar surface area (TPSA) is 175 Å². The van der Waals surface area contributed by atoms with Crippen LogP contribution >= 0.6 is 23.9 Å². The van der Waals surface area contributed by atoms with Gasteiger partial charge in [0, 0.05) is 39.9 Å². The van der Waals surface area contributed by atoms with Gasteiger partial charge in [-0.05, 0) is 81.8 Å². The second-order valence-electron chi connectivity index (χ2n) is 10.5. The predicted octanol–water partition coefficient (Wildman–Crippen LogP) is 6.22. The van der Waals surface area contributed by atoms with Gasteiger partial charge in [0.25, 0.3) is 11.8 Å². The van der Waals surface area contributed by atoms with E-state index in [-0.39, 0.29) is 33.9 Å². The molecular weight excluding hydrogens is 604 g/mol. The largest absolute Gasteiger partial charge is 0.478 e. The van der Waals surface area contributed by atoms with E-state index in [1.165, 1.54) is 30.1 Å². The Morgan fingerprint density at radius 3 is 1.52 bits per heavy atom. The van der Waals surface area contributed by atoms with E-state index in [9.17, 15) is 29.2 Å². The SMILES string of the molecule is C=NSC(C)(C)CNC(=O)c1ccccc1-c1ccccc1C(=O)O.CC(C)(CNC(=O)c1ccccc1C(=O)O)SN=O. The number of amides is 2. The maximum absolute atomic E-state index is 12.7. The lowest BCUT2D eigenvalue weighted by Crippen LogP contribution is -2.36. The highest BCUT2D eigenvalue weighted by Crippen LogP contribution is 2.28. The molecule has 13 heteroatoms. The third-order valence-corrected chi connectivity index (χ3v) is 7.45. The molecule has 4 N–H and O–H groups in total. The molecular formula is C31H34N4O7S2. The summed E-state index contributed by atoms with van der Waals surface area (Å²) >= 11 is 2.12. The van der Waals surface area contributed by atoms with Crippen molar-refractivity contribution in [1.82, 2.24) is 10.6 Å². The van der Waals surface area contributed by atoms with Crippen molar-refractivity contribution in [3.05, 3.63) is 100.0 Å². The fourth-order valence-electron chi connectivity index (χ4n) is 3.80. The van der Waals surface area contributed by atoms with Crippen molar-refractivity contribution in [2.24, 2.45) is 8.98 Å². The van der Waals surface area contributed by atoms with E-state index in [0.717, 1.165) is 11.9 Å². The Kier molecular flexibility index (Phi) is 13.3. The second kappa shape index (κ2) is 16.4. The fraction of sp³-hybridized carbons (Fsp3) is 0.258. The van der Waals surface area contributed by atoms with E-state index < -0.39 is 22.6 Å². The molecule has 0 fully saturated rings. The van der Waals surface area contributed by atoms with Crippen molar-refractivity contribution in [2.75, 3.05) is 13.1 Å². The molecule has 0 radical (unpaired) electrons. The first kappa shape index (κ1) is 35.7. The summed E-state index contributed by atoms with van der Waals surface area (Å²) in [5, 5.41) is 23.9. The zero-order chi connectivity index (χ0) is 32.9. The van der Waals surface area contributed by atoms with Gasteiger partial charge in [0.15, 0.2) is 0 Å². The minimum atomic E-state index is -1.16. The number of carbonyl (C=O) groups is 4. The maximum Gasteiger partial charge on any atom is 0.336 e. The summed E-state index contributed by atoms with van der Waals surface area (Å²) in [6, 6.07) is 19.6. The second-order valence-corrected chi connectivity index (χ2v) is 13.5. The number of hydrogen-bond donors (Lipinski definition) is 4. The Morgan fingerprint density at radius 1 is 0.659 bits per heavy atom. The zero-order valence-corrected chi connectivity index (χ0v) is 26.3. The summed E-state index contributed by atoms with van der Waals surface area (Å²) in [6.07, 6.45) is 0. The van der Waals surface area contributed by atoms with E-state index >= 15 is 0 Å². The molecule has 0 atom stereocenters. The molecule has 2 amide bonds. The molecule has 0 heterocycles. The number of carbonyl (C=O) groups excluding carboxylic acids is 2. The Bertz CT molecular complexity index is 1530. The normalized spacial score (nSPS) is 10.9. The molecule has 0 bridgehead atoms. The van der Waals surface area contributed by atoms with Crippen LogP contribution in [0.4, 0.5) is 0 Å². The van der Waals surface area contributed by atoms with Gasteiger partial charge in [-0.25, -0.2) is 14.0 Å². The summed E-state index contributed by atoms with van der Waals surface area (Å²) in [6.45, 7) is 11.5. The molecule has 44 heavy (non-hydrogen) atoms. The van der Waals surface area contributed by atoms with E-state index in [2.05, 4.69) is 26.3 Å². The van der Waals surface area contributed by atoms with Crippen molar-refractivity contribution in [3.63, 3.8) is 0 Å². The maximum atomic E-state index is 12.7. The number of hydrogen-bond acceptors (Lipinski definition) is 9. The Balaban J connectivity index is 0.000000319. The molecule has 0 aliphatic carbocycles. The van der Waals surface area contributed by atoms with Gasteiger partial charge in [-0.15, -0.1) is 4.91 Å². The summed E-state index contributed by atoms with van der Waals surface area (Å²) in [7, 11) is 0. The van der Waals surface area contributed by atoms with Crippen LogP contribution in [0.5, 0.6) is 0 Å². The molecule has 232 valence electrons. The van der Waals surface area contributed by atoms with Crippen LogP contribution in [0.3, 0.4) is 0 Å². The minimum absolute atomic E-state index is 0.0565. The van der Waals surface area contributed by atoms with Crippen LogP contribution in [0.1, 0.15) is 69.1 Å². The summed E-state index contributed by atoms with van der Waals surface area (Å²) in [5.74, 6) is -2.93. The van der Waals surface area contributed by atoms with E-state index in [1.807, 2.05) is 13.8 Å². The third kappa shape index (κ3) is 10.7. The highest BCUT2D eigenvalue weighted by molar-refractivity contribution is 7.99. The van der Waals surface area contributed by atoms with Gasteiger partial charge in [0.1, 0.15) is 0 Å². The van der Waals surface area contributed by atoms with Gasteiger partial charge in [0.05, 0.1) is 21.4 Å². The average molecular weight is 639 g/mol. The monoisotopic (exact) mass is 638 g/mol. The summed E-state index contributed by atoms with van der Waals surface area (Å²) in [5.41, 5.74) is 1.74.